The van der Waals surface area contributed by atoms with E-state index in [2.05, 4.69) is 56.7 Å². The van der Waals surface area contributed by atoms with Crippen LogP contribution in [-0.4, -0.2) is 29.4 Å². The van der Waals surface area contributed by atoms with Gasteiger partial charge in [0, 0.05) is 23.9 Å². The topological polar surface area (TPSA) is 72.9 Å². The van der Waals surface area contributed by atoms with Crippen LogP contribution in [0.1, 0.15) is 35.0 Å². The Morgan fingerprint density at radius 1 is 1.11 bits per heavy atom. The number of fused-ring (bicyclic) bond motifs is 1. The molecule has 4 aromatic rings. The van der Waals surface area contributed by atoms with Crippen LogP contribution in [0.3, 0.4) is 0 Å². The number of hydrogen-bond acceptors (Lipinski definition) is 5. The lowest BCUT2D eigenvalue weighted by Gasteiger charge is -2.21. The van der Waals surface area contributed by atoms with Gasteiger partial charge in [0.15, 0.2) is 5.65 Å². The first-order valence-corrected chi connectivity index (χ1v) is 9.09. The van der Waals surface area contributed by atoms with E-state index in [0.717, 1.165) is 41.4 Å². The van der Waals surface area contributed by atoms with Gasteiger partial charge < -0.3 is 5.32 Å². The average Bonchev–Trinajstić information content (AvgIpc) is 3.29. The first kappa shape index (κ1) is 17.2. The van der Waals surface area contributed by atoms with Crippen LogP contribution in [0.2, 0.25) is 0 Å². The highest BCUT2D eigenvalue weighted by Crippen LogP contribution is 2.25. The highest BCUT2D eigenvalue weighted by atomic mass is 15.3. The molecule has 0 aliphatic heterocycles. The second-order valence-electron chi connectivity index (χ2n) is 6.78. The van der Waals surface area contributed by atoms with Crippen molar-refractivity contribution in [2.75, 3.05) is 5.32 Å². The summed E-state index contributed by atoms with van der Waals surface area (Å²) in [4.78, 5) is 8.69. The number of anilines is 1. The van der Waals surface area contributed by atoms with Crippen LogP contribution >= 0.6 is 0 Å². The third kappa shape index (κ3) is 3.53. The average molecular weight is 361 g/mol. The van der Waals surface area contributed by atoms with Crippen LogP contribution in [0.25, 0.3) is 5.65 Å². The molecule has 0 spiro atoms. The molecule has 0 saturated carbocycles. The van der Waals surface area contributed by atoms with E-state index in [1.165, 1.54) is 5.56 Å². The van der Waals surface area contributed by atoms with E-state index in [-0.39, 0.29) is 6.04 Å². The molecule has 1 unspecified atom stereocenters. The number of benzene rings is 1. The van der Waals surface area contributed by atoms with E-state index in [0.29, 0.717) is 0 Å². The molecule has 0 aliphatic carbocycles. The fourth-order valence-corrected chi connectivity index (χ4v) is 3.25. The summed E-state index contributed by atoms with van der Waals surface area (Å²) in [7, 11) is 0. The van der Waals surface area contributed by atoms with E-state index in [4.69, 9.17) is 0 Å². The summed E-state index contributed by atoms with van der Waals surface area (Å²) in [5, 5.41) is 12.6. The first-order valence-electron chi connectivity index (χ1n) is 9.09. The summed E-state index contributed by atoms with van der Waals surface area (Å²) in [5.74, 6) is 0.946. The Morgan fingerprint density at radius 2 is 1.93 bits per heavy atom. The van der Waals surface area contributed by atoms with Crippen LogP contribution in [-0.2, 0) is 6.54 Å². The molecule has 0 aliphatic rings. The molecule has 1 aromatic carbocycles. The van der Waals surface area contributed by atoms with Crippen molar-refractivity contribution < 1.29 is 0 Å². The minimum atomic E-state index is 0.116. The summed E-state index contributed by atoms with van der Waals surface area (Å²) in [5.41, 5.74) is 5.20. The Hall–Kier alpha value is -3.22. The third-order valence-electron chi connectivity index (χ3n) is 4.82. The largest absolute Gasteiger partial charge is 0.363 e. The van der Waals surface area contributed by atoms with Crippen molar-refractivity contribution in [2.45, 2.75) is 39.8 Å². The SMILES string of the molecule is Cc1cc(NC(CCn2cncn2)c2ccccc2)n2nc(C)c(C)c2n1. The van der Waals surface area contributed by atoms with Crippen molar-refractivity contribution in [1.29, 1.82) is 0 Å². The van der Waals surface area contributed by atoms with Crippen LogP contribution in [0.5, 0.6) is 0 Å². The maximum Gasteiger partial charge on any atom is 0.160 e. The molecule has 0 saturated heterocycles. The Labute approximate surface area is 158 Å². The molecule has 3 aromatic heterocycles. The van der Waals surface area contributed by atoms with E-state index in [1.807, 2.05) is 35.2 Å². The highest BCUT2D eigenvalue weighted by molar-refractivity contribution is 5.56. The molecule has 7 nitrogen and oxygen atoms in total. The van der Waals surface area contributed by atoms with Crippen LogP contribution < -0.4 is 5.32 Å². The van der Waals surface area contributed by atoms with Gasteiger partial charge in [0.05, 0.1) is 11.7 Å². The fourth-order valence-electron chi connectivity index (χ4n) is 3.25. The van der Waals surface area contributed by atoms with Crippen LogP contribution in [0, 0.1) is 20.8 Å². The molecule has 138 valence electrons. The normalized spacial score (nSPS) is 12.4. The molecular formula is C20H23N7. The van der Waals surface area contributed by atoms with Crippen molar-refractivity contribution in [3.63, 3.8) is 0 Å². The molecular weight excluding hydrogens is 338 g/mol. The predicted molar refractivity (Wildman–Crippen MR) is 105 cm³/mol. The van der Waals surface area contributed by atoms with Gasteiger partial charge in [0.25, 0.3) is 0 Å². The quantitative estimate of drug-likeness (QED) is 0.569. The smallest absolute Gasteiger partial charge is 0.160 e. The minimum Gasteiger partial charge on any atom is -0.363 e. The molecule has 7 heteroatoms. The molecule has 0 fully saturated rings. The lowest BCUT2D eigenvalue weighted by atomic mass is 10.0. The molecule has 0 amide bonds. The summed E-state index contributed by atoms with van der Waals surface area (Å²) >= 11 is 0. The van der Waals surface area contributed by atoms with Gasteiger partial charge in [0.2, 0.25) is 0 Å². The van der Waals surface area contributed by atoms with E-state index >= 15 is 0 Å². The zero-order chi connectivity index (χ0) is 18.8. The molecule has 3 heterocycles. The standard InChI is InChI=1S/C20H23N7/c1-14-11-19(27-20(23-14)15(2)16(3)25-27)24-18(17-7-5-4-6-8-17)9-10-26-13-21-12-22-26/h4-8,11-13,18,24H,9-10H2,1-3H3. The van der Waals surface area contributed by atoms with Crippen LogP contribution in [0.15, 0.2) is 49.1 Å². The van der Waals surface area contributed by atoms with Gasteiger partial charge in [-0.05, 0) is 32.8 Å². The molecule has 4 rings (SSSR count). The second-order valence-corrected chi connectivity index (χ2v) is 6.78. The Kier molecular flexibility index (Phi) is 4.58. The molecule has 0 radical (unpaired) electrons. The number of nitrogens with one attached hydrogen (secondary N) is 1. The van der Waals surface area contributed by atoms with Crippen molar-refractivity contribution in [3.05, 3.63) is 71.6 Å². The Morgan fingerprint density at radius 3 is 2.67 bits per heavy atom. The molecule has 1 atom stereocenters. The molecule has 27 heavy (non-hydrogen) atoms. The highest BCUT2D eigenvalue weighted by Gasteiger charge is 2.16. The monoisotopic (exact) mass is 361 g/mol. The Bertz CT molecular complexity index is 1040. The summed E-state index contributed by atoms with van der Waals surface area (Å²) in [6.07, 6.45) is 4.18. The first-order chi connectivity index (χ1) is 13.1. The second kappa shape index (κ2) is 7.19. The number of nitrogens with zero attached hydrogens (tertiary/aromatic N) is 6. The van der Waals surface area contributed by atoms with Gasteiger partial charge in [0.1, 0.15) is 18.5 Å². The fraction of sp³-hybridized carbons (Fsp3) is 0.300. The van der Waals surface area contributed by atoms with Gasteiger partial charge in [-0.3, -0.25) is 4.68 Å². The van der Waals surface area contributed by atoms with Crippen molar-refractivity contribution in [1.82, 2.24) is 29.4 Å². The zero-order valence-electron chi connectivity index (χ0n) is 15.8. The number of aromatic nitrogens is 6. The molecule has 1 N–H and O–H groups in total. The predicted octanol–water partition coefficient (Wildman–Crippen LogP) is 3.49. The molecule has 0 bridgehead atoms. The maximum absolute atomic E-state index is 4.67. The van der Waals surface area contributed by atoms with Gasteiger partial charge in [-0.15, -0.1) is 0 Å². The summed E-state index contributed by atoms with van der Waals surface area (Å²) < 4.78 is 3.76. The number of aryl methyl sites for hydroxylation is 4. The van der Waals surface area contributed by atoms with E-state index < -0.39 is 0 Å². The third-order valence-corrected chi connectivity index (χ3v) is 4.82. The number of rotatable bonds is 6. The maximum atomic E-state index is 4.67. The zero-order valence-corrected chi connectivity index (χ0v) is 15.8. The lowest BCUT2D eigenvalue weighted by Crippen LogP contribution is -2.16. The van der Waals surface area contributed by atoms with Crippen molar-refractivity contribution >= 4 is 11.5 Å². The van der Waals surface area contributed by atoms with E-state index in [1.54, 1.807) is 12.7 Å². The van der Waals surface area contributed by atoms with Gasteiger partial charge in [-0.25, -0.2) is 9.97 Å². The van der Waals surface area contributed by atoms with Crippen LogP contribution in [0.4, 0.5) is 5.82 Å². The van der Waals surface area contributed by atoms with E-state index in [9.17, 15) is 0 Å². The van der Waals surface area contributed by atoms with Gasteiger partial charge in [-0.2, -0.15) is 14.7 Å². The summed E-state index contributed by atoms with van der Waals surface area (Å²) in [6, 6.07) is 12.6. The summed E-state index contributed by atoms with van der Waals surface area (Å²) in [6.45, 7) is 6.87. The van der Waals surface area contributed by atoms with Crippen molar-refractivity contribution in [3.8, 4) is 0 Å². The van der Waals surface area contributed by atoms with Crippen molar-refractivity contribution in [2.24, 2.45) is 0 Å². The van der Waals surface area contributed by atoms with Gasteiger partial charge in [-0.1, -0.05) is 30.3 Å². The van der Waals surface area contributed by atoms with Gasteiger partial charge >= 0.3 is 0 Å². The minimum absolute atomic E-state index is 0.116. The lowest BCUT2D eigenvalue weighted by molar-refractivity contribution is 0.536. The number of hydrogen-bond donors (Lipinski definition) is 1. The Balaban J connectivity index is 1.69.